The Balaban J connectivity index is 1.98. The average Bonchev–Trinajstić information content (AvgIpc) is 2.74. The summed E-state index contributed by atoms with van der Waals surface area (Å²) in [5, 5.41) is 0. The molecule has 1 amide bonds. The first-order chi connectivity index (χ1) is 9.47. The van der Waals surface area contributed by atoms with Crippen molar-refractivity contribution in [1.29, 1.82) is 0 Å². The van der Waals surface area contributed by atoms with E-state index >= 15 is 0 Å². The molecule has 2 heterocycles. The molecule has 0 saturated carbocycles. The Labute approximate surface area is 128 Å². The summed E-state index contributed by atoms with van der Waals surface area (Å²) in [5.74, 6) is 1.26. The van der Waals surface area contributed by atoms with Crippen molar-refractivity contribution < 1.29 is 9.59 Å². The van der Waals surface area contributed by atoms with E-state index in [1.54, 1.807) is 17.0 Å². The number of hydrogen-bond acceptors (Lipinski definition) is 3. The Morgan fingerprint density at radius 2 is 2.20 bits per heavy atom. The van der Waals surface area contributed by atoms with Gasteiger partial charge in [0, 0.05) is 13.0 Å². The number of halogens is 1. The van der Waals surface area contributed by atoms with E-state index in [1.165, 1.54) is 11.3 Å². The van der Waals surface area contributed by atoms with Crippen LogP contribution in [0.2, 0.25) is 4.34 Å². The van der Waals surface area contributed by atoms with E-state index in [9.17, 15) is 9.59 Å². The molecule has 0 aromatic carbocycles. The topological polar surface area (TPSA) is 37.4 Å². The third-order valence-electron chi connectivity index (χ3n) is 3.98. The monoisotopic (exact) mass is 313 g/mol. The molecule has 1 saturated heterocycles. The van der Waals surface area contributed by atoms with E-state index in [-0.39, 0.29) is 18.2 Å². The molecule has 0 radical (unpaired) electrons. The van der Waals surface area contributed by atoms with E-state index in [0.29, 0.717) is 34.0 Å². The molecule has 0 N–H and O–H groups in total. The lowest BCUT2D eigenvalue weighted by atomic mass is 9.89. The highest BCUT2D eigenvalue weighted by atomic mass is 35.5. The molecule has 0 spiro atoms. The molecule has 1 unspecified atom stereocenters. The van der Waals surface area contributed by atoms with Crippen LogP contribution in [0.3, 0.4) is 0 Å². The van der Waals surface area contributed by atoms with Crippen molar-refractivity contribution in [2.75, 3.05) is 13.1 Å². The number of carbonyl (C=O) groups is 2. The summed E-state index contributed by atoms with van der Waals surface area (Å²) in [6, 6.07) is 3.45. The lowest BCUT2D eigenvalue weighted by Crippen LogP contribution is -2.35. The predicted octanol–water partition coefficient (Wildman–Crippen LogP) is 3.87. The molecule has 110 valence electrons. The van der Waals surface area contributed by atoms with Crippen LogP contribution in [0, 0.1) is 11.8 Å². The summed E-state index contributed by atoms with van der Waals surface area (Å²) in [4.78, 5) is 26.6. The Morgan fingerprint density at radius 1 is 1.45 bits per heavy atom. The van der Waals surface area contributed by atoms with Gasteiger partial charge >= 0.3 is 0 Å². The maximum absolute atomic E-state index is 12.2. The SMILES string of the molecule is CC(C)C1CCC(=O)N(CC(=O)c2ccc(Cl)s2)CC1. The van der Waals surface area contributed by atoms with Crippen molar-refractivity contribution in [3.63, 3.8) is 0 Å². The molecule has 1 aliphatic heterocycles. The van der Waals surface area contributed by atoms with E-state index in [4.69, 9.17) is 11.6 Å². The Morgan fingerprint density at radius 3 is 2.80 bits per heavy atom. The number of rotatable bonds is 4. The number of likely N-dealkylation sites (tertiary alicyclic amines) is 1. The van der Waals surface area contributed by atoms with E-state index in [0.717, 1.165) is 12.8 Å². The van der Waals surface area contributed by atoms with Crippen LogP contribution in [0.5, 0.6) is 0 Å². The van der Waals surface area contributed by atoms with E-state index in [1.807, 2.05) is 0 Å². The lowest BCUT2D eigenvalue weighted by molar-refractivity contribution is -0.130. The highest BCUT2D eigenvalue weighted by Crippen LogP contribution is 2.26. The van der Waals surface area contributed by atoms with Gasteiger partial charge in [-0.25, -0.2) is 0 Å². The summed E-state index contributed by atoms with van der Waals surface area (Å²) in [7, 11) is 0. The average molecular weight is 314 g/mol. The number of carbonyl (C=O) groups excluding carboxylic acids is 2. The largest absolute Gasteiger partial charge is 0.335 e. The van der Waals surface area contributed by atoms with Crippen molar-refractivity contribution in [2.45, 2.75) is 33.1 Å². The number of thiophene rings is 1. The van der Waals surface area contributed by atoms with Gasteiger partial charge in [0.1, 0.15) is 0 Å². The van der Waals surface area contributed by atoms with Crippen LogP contribution in [-0.2, 0) is 4.79 Å². The fourth-order valence-corrected chi connectivity index (χ4v) is 3.58. The van der Waals surface area contributed by atoms with Gasteiger partial charge in [-0.15, -0.1) is 11.3 Å². The van der Waals surface area contributed by atoms with Crippen LogP contribution in [0.4, 0.5) is 0 Å². The first kappa shape index (κ1) is 15.5. The third kappa shape index (κ3) is 3.83. The van der Waals surface area contributed by atoms with Gasteiger partial charge in [-0.3, -0.25) is 9.59 Å². The van der Waals surface area contributed by atoms with Gasteiger partial charge in [0.15, 0.2) is 5.78 Å². The quantitative estimate of drug-likeness (QED) is 0.791. The van der Waals surface area contributed by atoms with E-state index < -0.39 is 0 Å². The van der Waals surface area contributed by atoms with Crippen molar-refractivity contribution in [3.8, 4) is 0 Å². The summed E-state index contributed by atoms with van der Waals surface area (Å²) in [5.41, 5.74) is 0. The van der Waals surface area contributed by atoms with Gasteiger partial charge < -0.3 is 4.90 Å². The molecule has 3 nitrogen and oxygen atoms in total. The van der Waals surface area contributed by atoms with Crippen LogP contribution in [0.25, 0.3) is 0 Å². The molecule has 1 fully saturated rings. The van der Waals surface area contributed by atoms with Gasteiger partial charge in [-0.05, 0) is 36.8 Å². The number of amides is 1. The molecule has 1 atom stereocenters. The molecular formula is C15H20ClNO2S. The zero-order valence-corrected chi connectivity index (χ0v) is 13.5. The number of nitrogens with zero attached hydrogens (tertiary/aromatic N) is 1. The van der Waals surface area contributed by atoms with Crippen LogP contribution in [0.15, 0.2) is 12.1 Å². The van der Waals surface area contributed by atoms with Crippen LogP contribution in [0.1, 0.15) is 42.8 Å². The van der Waals surface area contributed by atoms with Gasteiger partial charge in [0.2, 0.25) is 5.91 Å². The summed E-state index contributed by atoms with van der Waals surface area (Å²) in [6.45, 7) is 5.26. The second-order valence-corrected chi connectivity index (χ2v) is 7.39. The van der Waals surface area contributed by atoms with Crippen molar-refractivity contribution in [2.24, 2.45) is 11.8 Å². The third-order valence-corrected chi connectivity index (χ3v) is 5.25. The van der Waals surface area contributed by atoms with Crippen molar-refractivity contribution >= 4 is 34.6 Å². The zero-order valence-electron chi connectivity index (χ0n) is 11.9. The maximum atomic E-state index is 12.2. The van der Waals surface area contributed by atoms with Crippen molar-refractivity contribution in [3.05, 3.63) is 21.3 Å². The standard InChI is InChI=1S/C15H20ClNO2S/c1-10(2)11-3-6-15(19)17(8-7-11)9-12(18)13-4-5-14(16)20-13/h4-5,10-11H,3,6-9H2,1-2H3. The normalized spacial score (nSPS) is 20.3. The molecule has 20 heavy (non-hydrogen) atoms. The van der Waals surface area contributed by atoms with Crippen LogP contribution in [-0.4, -0.2) is 29.7 Å². The first-order valence-electron chi connectivity index (χ1n) is 7.03. The second-order valence-electron chi connectivity index (χ2n) is 5.67. The highest BCUT2D eigenvalue weighted by molar-refractivity contribution is 7.18. The summed E-state index contributed by atoms with van der Waals surface area (Å²) in [6.07, 6.45) is 2.48. The fraction of sp³-hybridized carbons (Fsp3) is 0.600. The Hall–Kier alpha value is -0.870. The smallest absolute Gasteiger partial charge is 0.222 e. The fourth-order valence-electron chi connectivity index (χ4n) is 2.61. The summed E-state index contributed by atoms with van der Waals surface area (Å²) >= 11 is 7.12. The molecule has 1 aromatic heterocycles. The molecule has 0 aliphatic carbocycles. The van der Waals surface area contributed by atoms with Gasteiger partial charge in [0.25, 0.3) is 0 Å². The molecule has 1 aromatic rings. The Bertz CT molecular complexity index is 498. The molecule has 5 heteroatoms. The van der Waals surface area contributed by atoms with Crippen molar-refractivity contribution in [1.82, 2.24) is 4.90 Å². The van der Waals surface area contributed by atoms with Gasteiger partial charge in [-0.2, -0.15) is 0 Å². The summed E-state index contributed by atoms with van der Waals surface area (Å²) < 4.78 is 0.607. The Kier molecular flexibility index (Phi) is 5.22. The molecular weight excluding hydrogens is 294 g/mol. The molecule has 2 rings (SSSR count). The second kappa shape index (κ2) is 6.72. The minimum Gasteiger partial charge on any atom is -0.335 e. The minimum atomic E-state index is -0.0155. The predicted molar refractivity (Wildman–Crippen MR) is 82.4 cm³/mol. The highest BCUT2D eigenvalue weighted by Gasteiger charge is 2.26. The van der Waals surface area contributed by atoms with Crippen LogP contribution >= 0.6 is 22.9 Å². The zero-order chi connectivity index (χ0) is 14.7. The van der Waals surface area contributed by atoms with Gasteiger partial charge in [-0.1, -0.05) is 25.4 Å². The van der Waals surface area contributed by atoms with E-state index in [2.05, 4.69) is 13.8 Å². The number of Topliss-reactive ketones (excluding diaryl/α,β-unsaturated/α-hetero) is 1. The molecule has 1 aliphatic rings. The minimum absolute atomic E-state index is 0.0155. The first-order valence-corrected chi connectivity index (χ1v) is 8.23. The molecule has 0 bridgehead atoms. The van der Waals surface area contributed by atoms with Gasteiger partial charge in [0.05, 0.1) is 15.8 Å². The number of ketones is 1. The maximum Gasteiger partial charge on any atom is 0.222 e. The van der Waals surface area contributed by atoms with Crippen LogP contribution < -0.4 is 0 Å². The lowest BCUT2D eigenvalue weighted by Gasteiger charge is -2.20. The number of hydrogen-bond donors (Lipinski definition) is 0.